The molecule has 0 spiro atoms. The molecule has 5 nitrogen and oxygen atoms in total. The fraction of sp³-hybridized carbons (Fsp3) is 0.417. The number of nitrogens with zero attached hydrogens (tertiary/aromatic N) is 2. The molecule has 0 amide bonds. The second-order valence-corrected chi connectivity index (χ2v) is 4.89. The van der Waals surface area contributed by atoms with Gasteiger partial charge in [0.2, 0.25) is 0 Å². The fourth-order valence-corrected chi connectivity index (χ4v) is 1.86. The van der Waals surface area contributed by atoms with Crippen LogP contribution in [-0.4, -0.2) is 27.6 Å². The highest BCUT2D eigenvalue weighted by Gasteiger charge is 2.09. The van der Waals surface area contributed by atoms with E-state index in [1.807, 2.05) is 19.2 Å². The van der Waals surface area contributed by atoms with Crippen molar-refractivity contribution in [3.8, 4) is 0 Å². The average Bonchev–Trinajstić information content (AvgIpc) is 2.90. The van der Waals surface area contributed by atoms with E-state index in [2.05, 4.69) is 21.0 Å². The van der Waals surface area contributed by atoms with Gasteiger partial charge in [0.1, 0.15) is 12.4 Å². The smallest absolute Gasteiger partial charge is 0.129 e. The molecule has 6 heteroatoms. The number of aryl methyl sites for hydroxylation is 1. The summed E-state index contributed by atoms with van der Waals surface area (Å²) in [5, 5.41) is 14.0. The molecule has 2 aromatic heterocycles. The van der Waals surface area contributed by atoms with Gasteiger partial charge in [0.25, 0.3) is 0 Å². The lowest BCUT2D eigenvalue weighted by Gasteiger charge is -2.10. The molecule has 0 fully saturated rings. The number of aromatic nitrogens is 2. The Morgan fingerprint density at radius 2 is 2.44 bits per heavy atom. The van der Waals surface area contributed by atoms with Gasteiger partial charge in [-0.3, -0.25) is 4.68 Å². The SMILES string of the molecule is Cc1nn(C[C@@H](O)COCc2ccco2)cc1Br. The van der Waals surface area contributed by atoms with Crippen LogP contribution in [-0.2, 0) is 17.9 Å². The van der Waals surface area contributed by atoms with E-state index in [1.54, 1.807) is 17.0 Å². The Morgan fingerprint density at radius 1 is 1.61 bits per heavy atom. The number of rotatable bonds is 6. The third kappa shape index (κ3) is 3.69. The number of aliphatic hydroxyl groups excluding tert-OH is 1. The van der Waals surface area contributed by atoms with Gasteiger partial charge in [0.15, 0.2) is 0 Å². The molecular weight excluding hydrogens is 300 g/mol. The number of halogens is 1. The molecule has 0 aliphatic heterocycles. The molecule has 0 saturated heterocycles. The molecule has 0 unspecified atom stereocenters. The van der Waals surface area contributed by atoms with Crippen molar-refractivity contribution >= 4 is 15.9 Å². The summed E-state index contributed by atoms with van der Waals surface area (Å²) in [6.07, 6.45) is 2.84. The van der Waals surface area contributed by atoms with Crippen LogP contribution in [0, 0.1) is 6.92 Å². The highest BCUT2D eigenvalue weighted by molar-refractivity contribution is 9.10. The summed E-state index contributed by atoms with van der Waals surface area (Å²) in [6.45, 7) is 2.92. The zero-order valence-electron chi connectivity index (χ0n) is 10.0. The minimum absolute atomic E-state index is 0.247. The van der Waals surface area contributed by atoms with Crippen molar-refractivity contribution in [1.82, 2.24) is 9.78 Å². The zero-order valence-corrected chi connectivity index (χ0v) is 11.6. The van der Waals surface area contributed by atoms with Crippen LogP contribution >= 0.6 is 15.9 Å². The van der Waals surface area contributed by atoms with E-state index in [0.29, 0.717) is 13.2 Å². The van der Waals surface area contributed by atoms with Crippen LogP contribution in [0.15, 0.2) is 33.5 Å². The molecule has 2 aromatic rings. The Morgan fingerprint density at radius 3 is 3.06 bits per heavy atom. The predicted molar refractivity (Wildman–Crippen MR) is 69.0 cm³/mol. The van der Waals surface area contributed by atoms with Gasteiger partial charge in [-0.05, 0) is 35.0 Å². The average molecular weight is 315 g/mol. The van der Waals surface area contributed by atoms with Gasteiger partial charge in [-0.25, -0.2) is 0 Å². The molecule has 0 aromatic carbocycles. The Hall–Kier alpha value is -1.11. The Labute approximate surface area is 113 Å². The molecular formula is C12H15BrN2O3. The lowest BCUT2D eigenvalue weighted by Crippen LogP contribution is -2.22. The summed E-state index contributed by atoms with van der Waals surface area (Å²) in [6, 6.07) is 3.64. The van der Waals surface area contributed by atoms with E-state index >= 15 is 0 Å². The number of aliphatic hydroxyl groups is 1. The van der Waals surface area contributed by atoms with E-state index in [9.17, 15) is 5.11 Å². The van der Waals surface area contributed by atoms with Gasteiger partial charge in [0.05, 0.1) is 35.7 Å². The highest BCUT2D eigenvalue weighted by atomic mass is 79.9. The number of hydrogen-bond acceptors (Lipinski definition) is 4. The first-order valence-corrected chi connectivity index (χ1v) is 6.42. The minimum Gasteiger partial charge on any atom is -0.467 e. The number of hydrogen-bond donors (Lipinski definition) is 1. The van der Waals surface area contributed by atoms with Crippen molar-refractivity contribution in [2.24, 2.45) is 0 Å². The van der Waals surface area contributed by atoms with Gasteiger partial charge < -0.3 is 14.3 Å². The predicted octanol–water partition coefficient (Wildman–Crippen LogP) is 2.12. The first-order valence-electron chi connectivity index (χ1n) is 5.63. The Kier molecular flexibility index (Phi) is 4.57. The third-order valence-electron chi connectivity index (χ3n) is 2.42. The first-order chi connectivity index (χ1) is 8.65. The van der Waals surface area contributed by atoms with Gasteiger partial charge >= 0.3 is 0 Å². The fourth-order valence-electron chi connectivity index (χ4n) is 1.55. The summed E-state index contributed by atoms with van der Waals surface area (Å²) < 4.78 is 13.1. The van der Waals surface area contributed by atoms with Crippen molar-refractivity contribution < 1.29 is 14.3 Å². The van der Waals surface area contributed by atoms with Crippen LogP contribution in [0.5, 0.6) is 0 Å². The minimum atomic E-state index is -0.592. The summed E-state index contributed by atoms with van der Waals surface area (Å²) >= 11 is 3.38. The summed E-state index contributed by atoms with van der Waals surface area (Å²) in [5.74, 6) is 0.750. The van der Waals surface area contributed by atoms with Crippen molar-refractivity contribution in [2.45, 2.75) is 26.2 Å². The lowest BCUT2D eigenvalue weighted by atomic mass is 10.4. The summed E-state index contributed by atoms with van der Waals surface area (Å²) in [5.41, 5.74) is 0.902. The second kappa shape index (κ2) is 6.17. The van der Waals surface area contributed by atoms with Gasteiger partial charge in [-0.2, -0.15) is 5.10 Å². The zero-order chi connectivity index (χ0) is 13.0. The van der Waals surface area contributed by atoms with Gasteiger partial charge in [-0.1, -0.05) is 0 Å². The largest absolute Gasteiger partial charge is 0.467 e. The van der Waals surface area contributed by atoms with E-state index in [-0.39, 0.29) is 6.61 Å². The normalized spacial score (nSPS) is 12.8. The molecule has 0 aliphatic rings. The number of ether oxygens (including phenoxy) is 1. The van der Waals surface area contributed by atoms with Crippen LogP contribution in [0.3, 0.4) is 0 Å². The van der Waals surface area contributed by atoms with E-state index in [4.69, 9.17) is 9.15 Å². The molecule has 98 valence electrons. The third-order valence-corrected chi connectivity index (χ3v) is 3.20. The molecule has 1 atom stereocenters. The Bertz CT molecular complexity index is 462. The lowest BCUT2D eigenvalue weighted by molar-refractivity contribution is 0.0131. The maximum absolute atomic E-state index is 9.80. The second-order valence-electron chi connectivity index (χ2n) is 4.03. The van der Waals surface area contributed by atoms with Crippen molar-refractivity contribution in [3.05, 3.63) is 40.5 Å². The summed E-state index contributed by atoms with van der Waals surface area (Å²) in [7, 11) is 0. The van der Waals surface area contributed by atoms with Crippen LogP contribution in [0.2, 0.25) is 0 Å². The van der Waals surface area contributed by atoms with Gasteiger partial charge in [-0.15, -0.1) is 0 Å². The Balaban J connectivity index is 1.73. The molecule has 2 rings (SSSR count). The quantitative estimate of drug-likeness (QED) is 0.887. The van der Waals surface area contributed by atoms with Crippen LogP contribution in [0.1, 0.15) is 11.5 Å². The van der Waals surface area contributed by atoms with E-state index < -0.39 is 6.10 Å². The maximum Gasteiger partial charge on any atom is 0.129 e. The number of furan rings is 1. The standard InChI is InChI=1S/C12H15BrN2O3/c1-9-12(13)6-15(14-9)5-10(16)7-17-8-11-3-2-4-18-11/h2-4,6,10,16H,5,7-8H2,1H3/t10-/m1/s1. The molecule has 2 heterocycles. The molecule has 0 radical (unpaired) electrons. The maximum atomic E-state index is 9.80. The van der Waals surface area contributed by atoms with Gasteiger partial charge in [0, 0.05) is 6.20 Å². The van der Waals surface area contributed by atoms with E-state index in [1.165, 1.54) is 0 Å². The van der Waals surface area contributed by atoms with Crippen molar-refractivity contribution in [2.75, 3.05) is 6.61 Å². The molecule has 0 bridgehead atoms. The monoisotopic (exact) mass is 314 g/mol. The van der Waals surface area contributed by atoms with E-state index in [0.717, 1.165) is 15.9 Å². The van der Waals surface area contributed by atoms with Crippen molar-refractivity contribution in [1.29, 1.82) is 0 Å². The van der Waals surface area contributed by atoms with Crippen LogP contribution in [0.4, 0.5) is 0 Å². The van der Waals surface area contributed by atoms with Crippen LogP contribution in [0.25, 0.3) is 0 Å². The van der Waals surface area contributed by atoms with Crippen LogP contribution < -0.4 is 0 Å². The highest BCUT2D eigenvalue weighted by Crippen LogP contribution is 2.13. The molecule has 0 aliphatic carbocycles. The topological polar surface area (TPSA) is 60.4 Å². The van der Waals surface area contributed by atoms with Crippen molar-refractivity contribution in [3.63, 3.8) is 0 Å². The first kappa shape index (κ1) is 13.3. The molecule has 18 heavy (non-hydrogen) atoms. The molecule has 1 N–H and O–H groups in total. The molecule has 0 saturated carbocycles. The summed E-state index contributed by atoms with van der Waals surface area (Å²) in [4.78, 5) is 0.